The monoisotopic (exact) mass is 353 g/mol. The number of anilines is 2. The normalized spacial score (nSPS) is 11.2. The number of halogens is 3. The number of hydrogen-bond acceptors (Lipinski definition) is 6. The molecular weight excluding hydrogens is 339 g/mol. The summed E-state index contributed by atoms with van der Waals surface area (Å²) in [4.78, 5) is 8.58. The van der Waals surface area contributed by atoms with E-state index < -0.39 is 6.61 Å². The second-order valence-electron chi connectivity index (χ2n) is 5.08. The highest BCUT2D eigenvalue weighted by molar-refractivity contribution is 5.71. The van der Waals surface area contributed by atoms with E-state index in [1.165, 1.54) is 12.3 Å². The summed E-state index contributed by atoms with van der Waals surface area (Å²) < 4.78 is 42.7. The van der Waals surface area contributed by atoms with E-state index in [9.17, 15) is 13.2 Å². The number of aryl methyl sites for hydroxylation is 1. The van der Waals surface area contributed by atoms with Gasteiger partial charge in [0, 0.05) is 19.0 Å². The molecule has 0 aliphatic carbocycles. The van der Waals surface area contributed by atoms with Crippen LogP contribution in [0, 0.1) is 0 Å². The summed E-state index contributed by atoms with van der Waals surface area (Å²) in [5.74, 6) is 0.0366. The van der Waals surface area contributed by atoms with E-state index in [2.05, 4.69) is 41.9 Å². The quantitative estimate of drug-likeness (QED) is 0.646. The zero-order chi connectivity index (χ0) is 17.8. The first-order chi connectivity index (χ1) is 12.0. The number of fused-ring (bicyclic) bond motifs is 1. The Balaban J connectivity index is 1.73. The van der Waals surface area contributed by atoms with Gasteiger partial charge in [0.05, 0.1) is 18.2 Å². The van der Waals surface area contributed by atoms with Crippen molar-refractivity contribution in [3.8, 4) is 5.88 Å². The largest absolute Gasteiger partial charge is 0.415 e. The van der Waals surface area contributed by atoms with E-state index in [1.54, 1.807) is 10.9 Å². The second-order valence-corrected chi connectivity index (χ2v) is 5.08. The fourth-order valence-corrected chi connectivity index (χ4v) is 2.15. The lowest BCUT2D eigenvalue weighted by Crippen LogP contribution is -2.03. The Hall–Kier alpha value is -3.11. The van der Waals surface area contributed by atoms with Crippen LogP contribution in [0.5, 0.6) is 5.88 Å². The molecule has 0 radical (unpaired) electrons. The van der Waals surface area contributed by atoms with Crippen LogP contribution in [0.4, 0.5) is 24.8 Å². The number of H-pyrrole nitrogens is 1. The minimum absolute atomic E-state index is 0.244. The third kappa shape index (κ3) is 4.25. The molecule has 0 atom stereocenters. The minimum Gasteiger partial charge on any atom is -0.415 e. The Morgan fingerprint density at radius 2 is 2.24 bits per heavy atom. The van der Waals surface area contributed by atoms with Crippen molar-refractivity contribution in [3.05, 3.63) is 30.9 Å². The molecule has 8 nitrogen and oxygen atoms in total. The molecule has 3 aromatic rings. The number of aromatic nitrogens is 6. The van der Waals surface area contributed by atoms with Gasteiger partial charge >= 0.3 is 6.61 Å². The third-order valence-electron chi connectivity index (χ3n) is 3.19. The van der Waals surface area contributed by atoms with Gasteiger partial charge < -0.3 is 10.1 Å². The van der Waals surface area contributed by atoms with Gasteiger partial charge in [-0.05, 0) is 6.42 Å². The maximum atomic E-state index is 12.7. The molecule has 0 saturated carbocycles. The van der Waals surface area contributed by atoms with E-state index in [1.807, 2.05) is 0 Å². The van der Waals surface area contributed by atoms with E-state index in [0.717, 1.165) is 0 Å². The fraction of sp³-hybridized carbons (Fsp3) is 0.286. The molecule has 11 heteroatoms. The third-order valence-corrected chi connectivity index (χ3v) is 3.19. The average Bonchev–Trinajstić information content (AvgIpc) is 3.14. The van der Waals surface area contributed by atoms with Crippen LogP contribution in [0.2, 0.25) is 0 Å². The lowest BCUT2D eigenvalue weighted by atomic mass is 10.3. The van der Waals surface area contributed by atoms with Crippen LogP contribution < -0.4 is 10.1 Å². The van der Waals surface area contributed by atoms with Crippen molar-refractivity contribution in [2.45, 2.75) is 26.0 Å². The number of aromatic amines is 1. The van der Waals surface area contributed by atoms with Crippen LogP contribution in [-0.4, -0.2) is 36.6 Å². The maximum absolute atomic E-state index is 12.7. The summed E-state index contributed by atoms with van der Waals surface area (Å²) in [5, 5.41) is 13.1. The number of hydrogen-bond donors (Lipinski definition) is 2. The van der Waals surface area contributed by atoms with Crippen molar-refractivity contribution in [2.75, 3.05) is 5.32 Å². The van der Waals surface area contributed by atoms with Gasteiger partial charge in [-0.1, -0.05) is 6.58 Å². The first-order valence-corrected chi connectivity index (χ1v) is 7.30. The van der Waals surface area contributed by atoms with Crippen molar-refractivity contribution in [1.29, 1.82) is 0 Å². The predicted molar refractivity (Wildman–Crippen MR) is 83.3 cm³/mol. The molecule has 0 aliphatic heterocycles. The SMILES string of the molecule is C=C(F)CCCn1ncc2ncc(Nc3cc(OC(F)F)n[nH]3)nc21. The Labute approximate surface area is 139 Å². The van der Waals surface area contributed by atoms with Gasteiger partial charge in [-0.2, -0.15) is 13.9 Å². The molecule has 132 valence electrons. The first-order valence-electron chi connectivity index (χ1n) is 7.30. The molecule has 0 spiro atoms. The van der Waals surface area contributed by atoms with Gasteiger partial charge in [0.15, 0.2) is 11.5 Å². The topological polar surface area (TPSA) is 93.5 Å². The molecular formula is C14H14F3N7O. The number of rotatable bonds is 8. The van der Waals surface area contributed by atoms with Crippen LogP contribution in [0.1, 0.15) is 12.8 Å². The fourth-order valence-electron chi connectivity index (χ4n) is 2.15. The second kappa shape index (κ2) is 7.20. The zero-order valence-corrected chi connectivity index (χ0v) is 12.9. The molecule has 0 unspecified atom stereocenters. The van der Waals surface area contributed by atoms with E-state index in [-0.39, 0.29) is 18.1 Å². The number of nitrogens with zero attached hydrogens (tertiary/aromatic N) is 5. The van der Waals surface area contributed by atoms with Gasteiger partial charge in [-0.3, -0.25) is 5.10 Å². The lowest BCUT2D eigenvalue weighted by molar-refractivity contribution is -0.0528. The predicted octanol–water partition coefficient (Wildman–Crippen LogP) is 3.16. The van der Waals surface area contributed by atoms with Crippen LogP contribution in [-0.2, 0) is 6.54 Å². The smallest absolute Gasteiger partial charge is 0.388 e. The molecule has 3 aromatic heterocycles. The first kappa shape index (κ1) is 16.7. The highest BCUT2D eigenvalue weighted by Gasteiger charge is 2.11. The molecule has 0 aliphatic rings. The number of nitrogens with one attached hydrogen (secondary N) is 2. The van der Waals surface area contributed by atoms with Gasteiger partial charge in [0.2, 0.25) is 5.88 Å². The molecule has 0 aromatic carbocycles. The Morgan fingerprint density at radius 3 is 3.00 bits per heavy atom. The summed E-state index contributed by atoms with van der Waals surface area (Å²) in [7, 11) is 0. The van der Waals surface area contributed by atoms with Crippen LogP contribution in [0.25, 0.3) is 11.2 Å². The Kier molecular flexibility index (Phi) is 4.82. The van der Waals surface area contributed by atoms with Crippen molar-refractivity contribution < 1.29 is 17.9 Å². The number of ether oxygens (including phenoxy) is 1. The van der Waals surface area contributed by atoms with Crippen molar-refractivity contribution in [2.24, 2.45) is 0 Å². The van der Waals surface area contributed by atoms with Crippen LogP contribution >= 0.6 is 0 Å². The molecule has 0 fully saturated rings. The van der Waals surface area contributed by atoms with Gasteiger partial charge in [-0.15, -0.1) is 5.10 Å². The van der Waals surface area contributed by atoms with Gasteiger partial charge in [-0.25, -0.2) is 19.0 Å². The molecule has 3 rings (SSSR count). The van der Waals surface area contributed by atoms with Crippen LogP contribution in [0.15, 0.2) is 30.9 Å². The van der Waals surface area contributed by atoms with E-state index >= 15 is 0 Å². The molecule has 0 amide bonds. The van der Waals surface area contributed by atoms with E-state index in [4.69, 9.17) is 0 Å². The molecule has 0 bridgehead atoms. The van der Waals surface area contributed by atoms with Gasteiger partial charge in [0.1, 0.15) is 11.3 Å². The number of allylic oxidation sites excluding steroid dienone is 1. The number of alkyl halides is 2. The zero-order valence-electron chi connectivity index (χ0n) is 12.9. The van der Waals surface area contributed by atoms with Crippen molar-refractivity contribution in [1.82, 2.24) is 29.9 Å². The summed E-state index contributed by atoms with van der Waals surface area (Å²) in [5.41, 5.74) is 1.09. The summed E-state index contributed by atoms with van der Waals surface area (Å²) in [6.07, 6.45) is 3.79. The summed E-state index contributed by atoms with van der Waals surface area (Å²) >= 11 is 0. The van der Waals surface area contributed by atoms with E-state index in [0.29, 0.717) is 35.8 Å². The Bertz CT molecular complexity index is 876. The average molecular weight is 353 g/mol. The summed E-state index contributed by atoms with van der Waals surface area (Å²) in [6, 6.07) is 1.27. The standard InChI is InChI=1S/C14H14F3N7O/c1-8(15)3-2-4-24-13-9(6-19-24)18-7-11(21-13)20-10-5-12(23-22-10)25-14(16)17/h5-7,14H,1-4H2,(H2,20,21,22,23). The molecule has 0 saturated heterocycles. The van der Waals surface area contributed by atoms with Crippen molar-refractivity contribution >= 4 is 22.8 Å². The lowest BCUT2D eigenvalue weighted by Gasteiger charge is -2.04. The highest BCUT2D eigenvalue weighted by atomic mass is 19.3. The molecule has 3 heterocycles. The molecule has 2 N–H and O–H groups in total. The molecule has 25 heavy (non-hydrogen) atoms. The Morgan fingerprint density at radius 1 is 1.40 bits per heavy atom. The highest BCUT2D eigenvalue weighted by Crippen LogP contribution is 2.20. The maximum Gasteiger partial charge on any atom is 0.388 e. The summed E-state index contributed by atoms with van der Waals surface area (Å²) in [6.45, 7) is 0.719. The van der Waals surface area contributed by atoms with Crippen LogP contribution in [0.3, 0.4) is 0 Å². The van der Waals surface area contributed by atoms with Gasteiger partial charge in [0.25, 0.3) is 0 Å². The van der Waals surface area contributed by atoms with Crippen molar-refractivity contribution in [3.63, 3.8) is 0 Å². The minimum atomic E-state index is -2.96.